The predicted octanol–water partition coefficient (Wildman–Crippen LogP) is 2.03. The third-order valence-corrected chi connectivity index (χ3v) is 5.41. The summed E-state index contributed by atoms with van der Waals surface area (Å²) in [6.07, 6.45) is 6.14. The highest BCUT2D eigenvalue weighted by Gasteiger charge is 2.21. The van der Waals surface area contributed by atoms with Gasteiger partial charge in [-0.1, -0.05) is 6.07 Å². The quantitative estimate of drug-likeness (QED) is 0.891. The molecule has 21 heavy (non-hydrogen) atoms. The van der Waals surface area contributed by atoms with Gasteiger partial charge in [-0.2, -0.15) is 11.8 Å². The number of piperidine rings is 1. The molecule has 2 aliphatic heterocycles. The maximum absolute atomic E-state index is 9.88. The number of hydrogen-bond donors (Lipinski definition) is 2. The summed E-state index contributed by atoms with van der Waals surface area (Å²) in [7, 11) is 0. The average Bonchev–Trinajstić information content (AvgIpc) is 2.54. The molecule has 0 radical (unpaired) electrons. The average molecular weight is 307 g/mol. The Morgan fingerprint density at radius 3 is 3.00 bits per heavy atom. The molecule has 116 valence electrons. The van der Waals surface area contributed by atoms with Crippen molar-refractivity contribution in [1.82, 2.24) is 10.3 Å². The Bertz CT molecular complexity index is 451. The van der Waals surface area contributed by atoms with Crippen molar-refractivity contribution in [3.8, 4) is 0 Å². The number of nitrogens with zero attached hydrogens (tertiary/aromatic N) is 2. The summed E-state index contributed by atoms with van der Waals surface area (Å²) in [5.41, 5.74) is 1.25. The summed E-state index contributed by atoms with van der Waals surface area (Å²) in [6, 6.07) is 4.82. The third-order valence-electron chi connectivity index (χ3n) is 4.37. The Morgan fingerprint density at radius 1 is 1.33 bits per heavy atom. The van der Waals surface area contributed by atoms with Gasteiger partial charge >= 0.3 is 0 Å². The van der Waals surface area contributed by atoms with E-state index in [-0.39, 0.29) is 6.10 Å². The molecule has 0 unspecified atom stereocenters. The molecule has 4 nitrogen and oxygen atoms in total. The number of hydrogen-bond acceptors (Lipinski definition) is 5. The Labute approximate surface area is 131 Å². The molecule has 5 heteroatoms. The van der Waals surface area contributed by atoms with Gasteiger partial charge in [-0.05, 0) is 43.3 Å². The van der Waals surface area contributed by atoms with Crippen molar-refractivity contribution in [2.24, 2.45) is 0 Å². The number of pyridine rings is 1. The van der Waals surface area contributed by atoms with Crippen LogP contribution in [0.1, 0.15) is 31.2 Å². The molecular weight excluding hydrogens is 282 g/mol. The maximum Gasteiger partial charge on any atom is 0.133 e. The van der Waals surface area contributed by atoms with E-state index >= 15 is 0 Å². The standard InChI is InChI=1S/C16H25N3OS/c20-15-4-2-8-19(12-15)16-13(3-1-7-17-16)11-18-14-5-9-21-10-6-14/h1,3,7,14-15,18,20H,2,4-6,8-12H2/t15-/m1/s1. The molecule has 1 aromatic heterocycles. The predicted molar refractivity (Wildman–Crippen MR) is 88.9 cm³/mol. The molecule has 1 aromatic rings. The SMILES string of the molecule is O[C@@H]1CCCN(c2ncccc2CNC2CCSCC2)C1. The van der Waals surface area contributed by atoms with Crippen molar-refractivity contribution in [2.45, 2.75) is 44.4 Å². The second kappa shape index (κ2) is 7.47. The molecular formula is C16H25N3OS. The topological polar surface area (TPSA) is 48.4 Å². The Balaban J connectivity index is 1.64. The molecule has 2 aliphatic rings. The maximum atomic E-state index is 9.88. The molecule has 1 atom stereocenters. The second-order valence-electron chi connectivity index (χ2n) is 6.00. The van der Waals surface area contributed by atoms with Crippen molar-refractivity contribution in [2.75, 3.05) is 29.5 Å². The lowest BCUT2D eigenvalue weighted by Gasteiger charge is -2.32. The van der Waals surface area contributed by atoms with Crippen molar-refractivity contribution in [1.29, 1.82) is 0 Å². The number of thioether (sulfide) groups is 1. The molecule has 0 aliphatic carbocycles. The summed E-state index contributed by atoms with van der Waals surface area (Å²) in [5, 5.41) is 13.6. The van der Waals surface area contributed by atoms with E-state index in [4.69, 9.17) is 0 Å². The number of aliphatic hydroxyl groups is 1. The van der Waals surface area contributed by atoms with E-state index in [1.165, 1.54) is 29.9 Å². The minimum atomic E-state index is -0.211. The highest BCUT2D eigenvalue weighted by Crippen LogP contribution is 2.23. The van der Waals surface area contributed by atoms with Crippen LogP contribution in [0.4, 0.5) is 5.82 Å². The normalized spacial score (nSPS) is 24.2. The first-order valence-electron chi connectivity index (χ1n) is 8.01. The van der Waals surface area contributed by atoms with Gasteiger partial charge in [-0.15, -0.1) is 0 Å². The molecule has 0 amide bonds. The van der Waals surface area contributed by atoms with Gasteiger partial charge in [0.05, 0.1) is 6.10 Å². The van der Waals surface area contributed by atoms with Gasteiger partial charge < -0.3 is 15.3 Å². The third kappa shape index (κ3) is 4.11. The minimum Gasteiger partial charge on any atom is -0.391 e. The van der Waals surface area contributed by atoms with E-state index in [1.54, 1.807) is 0 Å². The summed E-state index contributed by atoms with van der Waals surface area (Å²) >= 11 is 2.06. The largest absolute Gasteiger partial charge is 0.391 e. The van der Waals surface area contributed by atoms with E-state index in [0.29, 0.717) is 12.6 Å². The first-order valence-corrected chi connectivity index (χ1v) is 9.16. The molecule has 2 saturated heterocycles. The number of rotatable bonds is 4. The number of aliphatic hydroxyl groups excluding tert-OH is 1. The van der Waals surface area contributed by atoms with Crippen LogP contribution in [0.3, 0.4) is 0 Å². The molecule has 2 N–H and O–H groups in total. The second-order valence-corrected chi connectivity index (χ2v) is 7.22. The van der Waals surface area contributed by atoms with Gasteiger partial charge in [0.25, 0.3) is 0 Å². The van der Waals surface area contributed by atoms with Crippen molar-refractivity contribution in [3.63, 3.8) is 0 Å². The number of β-amino-alcohol motifs (C(OH)–C–C–N with tert-alkyl or cyclic N) is 1. The summed E-state index contributed by atoms with van der Waals surface area (Å²) in [5.74, 6) is 3.60. The minimum absolute atomic E-state index is 0.211. The molecule has 3 rings (SSSR count). The van der Waals surface area contributed by atoms with Gasteiger partial charge in [0.2, 0.25) is 0 Å². The van der Waals surface area contributed by atoms with Gasteiger partial charge in [0.15, 0.2) is 0 Å². The van der Waals surface area contributed by atoms with Crippen LogP contribution in [0.2, 0.25) is 0 Å². The fraction of sp³-hybridized carbons (Fsp3) is 0.688. The van der Waals surface area contributed by atoms with Crippen LogP contribution < -0.4 is 10.2 Å². The first kappa shape index (κ1) is 15.1. The first-order chi connectivity index (χ1) is 10.3. The van der Waals surface area contributed by atoms with E-state index in [0.717, 1.165) is 31.7 Å². The zero-order valence-corrected chi connectivity index (χ0v) is 13.3. The highest BCUT2D eigenvalue weighted by molar-refractivity contribution is 7.99. The van der Waals surface area contributed by atoms with Gasteiger partial charge in [0.1, 0.15) is 5.82 Å². The van der Waals surface area contributed by atoms with Gasteiger partial charge in [-0.25, -0.2) is 4.98 Å². The zero-order valence-electron chi connectivity index (χ0n) is 12.5. The fourth-order valence-corrected chi connectivity index (χ4v) is 4.26. The molecule has 0 spiro atoms. The van der Waals surface area contributed by atoms with Crippen LogP contribution in [-0.2, 0) is 6.54 Å². The monoisotopic (exact) mass is 307 g/mol. The summed E-state index contributed by atoms with van der Waals surface area (Å²) in [6.45, 7) is 2.59. The summed E-state index contributed by atoms with van der Waals surface area (Å²) < 4.78 is 0. The highest BCUT2D eigenvalue weighted by atomic mass is 32.2. The number of anilines is 1. The van der Waals surface area contributed by atoms with E-state index in [2.05, 4.69) is 33.0 Å². The Hall–Kier alpha value is -0.780. The molecule has 0 bridgehead atoms. The van der Waals surface area contributed by atoms with Crippen LogP contribution in [0.5, 0.6) is 0 Å². The molecule has 3 heterocycles. The molecule has 2 fully saturated rings. The van der Waals surface area contributed by atoms with E-state index in [9.17, 15) is 5.11 Å². The van der Waals surface area contributed by atoms with Crippen LogP contribution in [0.15, 0.2) is 18.3 Å². The van der Waals surface area contributed by atoms with E-state index in [1.807, 2.05) is 12.3 Å². The van der Waals surface area contributed by atoms with Gasteiger partial charge in [-0.3, -0.25) is 0 Å². The number of nitrogens with one attached hydrogen (secondary N) is 1. The van der Waals surface area contributed by atoms with E-state index < -0.39 is 0 Å². The Kier molecular flexibility index (Phi) is 5.38. The van der Waals surface area contributed by atoms with Crippen LogP contribution >= 0.6 is 11.8 Å². The zero-order chi connectivity index (χ0) is 14.5. The van der Waals surface area contributed by atoms with Crippen molar-refractivity contribution in [3.05, 3.63) is 23.9 Å². The van der Waals surface area contributed by atoms with Gasteiger partial charge in [0, 0.05) is 37.4 Å². The Morgan fingerprint density at radius 2 is 2.19 bits per heavy atom. The number of aromatic nitrogens is 1. The van der Waals surface area contributed by atoms with Crippen LogP contribution in [-0.4, -0.2) is 46.8 Å². The summed E-state index contributed by atoms with van der Waals surface area (Å²) in [4.78, 5) is 6.81. The van der Waals surface area contributed by atoms with Crippen LogP contribution in [0, 0.1) is 0 Å². The lowest BCUT2D eigenvalue weighted by molar-refractivity contribution is 0.153. The van der Waals surface area contributed by atoms with Crippen molar-refractivity contribution < 1.29 is 5.11 Å². The smallest absolute Gasteiger partial charge is 0.133 e. The fourth-order valence-electron chi connectivity index (χ4n) is 3.16. The molecule has 0 saturated carbocycles. The lowest BCUT2D eigenvalue weighted by Crippen LogP contribution is -2.40. The van der Waals surface area contributed by atoms with Crippen LogP contribution in [0.25, 0.3) is 0 Å². The molecule has 0 aromatic carbocycles. The van der Waals surface area contributed by atoms with Crippen molar-refractivity contribution >= 4 is 17.6 Å². The lowest BCUT2D eigenvalue weighted by atomic mass is 10.1.